The predicted molar refractivity (Wildman–Crippen MR) is 125 cm³/mol. The van der Waals surface area contributed by atoms with E-state index in [4.69, 9.17) is 4.52 Å². The SMILES string of the molecule is Cc1ccc(NC(=O)C(C)C)cc1NC(=O)N1CCC(c2nc(-c3ccccn3)no2)CC1. The third kappa shape index (κ3) is 5.36. The van der Waals surface area contributed by atoms with Gasteiger partial charge in [0, 0.05) is 42.5 Å². The van der Waals surface area contributed by atoms with E-state index >= 15 is 0 Å². The fourth-order valence-corrected chi connectivity index (χ4v) is 3.64. The number of urea groups is 1. The molecule has 0 spiro atoms. The summed E-state index contributed by atoms with van der Waals surface area (Å²) < 4.78 is 5.47. The maximum Gasteiger partial charge on any atom is 0.321 e. The molecule has 0 unspecified atom stereocenters. The lowest BCUT2D eigenvalue weighted by Crippen LogP contribution is -2.40. The molecule has 9 heteroatoms. The van der Waals surface area contributed by atoms with Crippen LogP contribution in [-0.4, -0.2) is 45.1 Å². The maximum atomic E-state index is 12.9. The molecule has 0 aliphatic carbocycles. The molecule has 2 aromatic heterocycles. The number of aryl methyl sites for hydroxylation is 1. The second-order valence-corrected chi connectivity index (χ2v) is 8.54. The molecule has 3 aromatic rings. The van der Waals surface area contributed by atoms with E-state index in [1.54, 1.807) is 17.2 Å². The molecule has 0 bridgehead atoms. The molecular formula is C24H28N6O3. The van der Waals surface area contributed by atoms with Crippen molar-refractivity contribution in [2.45, 2.75) is 39.5 Å². The van der Waals surface area contributed by atoms with Crippen LogP contribution in [0.2, 0.25) is 0 Å². The van der Waals surface area contributed by atoms with Crippen LogP contribution in [-0.2, 0) is 4.79 Å². The number of carbonyl (C=O) groups excluding carboxylic acids is 2. The zero-order valence-electron chi connectivity index (χ0n) is 19.0. The first-order valence-electron chi connectivity index (χ1n) is 11.1. The number of carbonyl (C=O) groups is 2. The lowest BCUT2D eigenvalue weighted by molar-refractivity contribution is -0.118. The minimum absolute atomic E-state index is 0.0644. The Balaban J connectivity index is 1.34. The first kappa shape index (κ1) is 22.4. The number of benzene rings is 1. The van der Waals surface area contributed by atoms with Crippen LogP contribution in [0.15, 0.2) is 47.1 Å². The van der Waals surface area contributed by atoms with Gasteiger partial charge in [0.25, 0.3) is 0 Å². The van der Waals surface area contributed by atoms with Gasteiger partial charge in [0.1, 0.15) is 5.69 Å². The van der Waals surface area contributed by atoms with E-state index in [-0.39, 0.29) is 23.8 Å². The van der Waals surface area contributed by atoms with Crippen LogP contribution < -0.4 is 10.6 Å². The number of likely N-dealkylation sites (tertiary alicyclic amines) is 1. The van der Waals surface area contributed by atoms with Crippen molar-refractivity contribution >= 4 is 23.3 Å². The largest absolute Gasteiger partial charge is 0.339 e. The third-order valence-electron chi connectivity index (χ3n) is 5.74. The number of aromatic nitrogens is 3. The number of rotatable bonds is 5. The molecular weight excluding hydrogens is 420 g/mol. The number of anilines is 2. The minimum Gasteiger partial charge on any atom is -0.339 e. The quantitative estimate of drug-likeness (QED) is 0.596. The molecule has 4 rings (SSSR count). The molecule has 172 valence electrons. The van der Waals surface area contributed by atoms with Crippen molar-refractivity contribution in [1.29, 1.82) is 0 Å². The maximum absolute atomic E-state index is 12.9. The Labute approximate surface area is 192 Å². The molecule has 1 aliphatic rings. The van der Waals surface area contributed by atoms with E-state index in [9.17, 15) is 9.59 Å². The monoisotopic (exact) mass is 448 g/mol. The third-order valence-corrected chi connectivity index (χ3v) is 5.74. The van der Waals surface area contributed by atoms with Gasteiger partial charge in [-0.2, -0.15) is 4.98 Å². The Morgan fingerprint density at radius 3 is 2.61 bits per heavy atom. The zero-order valence-corrected chi connectivity index (χ0v) is 19.0. The van der Waals surface area contributed by atoms with E-state index in [0.717, 1.165) is 18.4 Å². The van der Waals surface area contributed by atoms with E-state index < -0.39 is 0 Å². The summed E-state index contributed by atoms with van der Waals surface area (Å²) in [6.07, 6.45) is 3.17. The van der Waals surface area contributed by atoms with Gasteiger partial charge in [-0.3, -0.25) is 9.78 Å². The standard InChI is InChI=1S/C24H28N6O3/c1-15(2)22(31)26-18-8-7-16(3)20(14-18)27-24(32)30-12-9-17(10-13-30)23-28-21(29-33-23)19-6-4-5-11-25-19/h4-8,11,14-15,17H,9-10,12-13H2,1-3H3,(H,26,31)(H,27,32). The number of hydrogen-bond donors (Lipinski definition) is 2. The summed E-state index contributed by atoms with van der Waals surface area (Å²) in [6, 6.07) is 10.9. The highest BCUT2D eigenvalue weighted by atomic mass is 16.5. The topological polar surface area (TPSA) is 113 Å². The molecule has 1 fully saturated rings. The first-order chi connectivity index (χ1) is 15.9. The normalized spacial score (nSPS) is 14.4. The van der Waals surface area contributed by atoms with Crippen molar-refractivity contribution in [2.75, 3.05) is 23.7 Å². The Morgan fingerprint density at radius 1 is 1.12 bits per heavy atom. The van der Waals surface area contributed by atoms with E-state index in [0.29, 0.717) is 41.9 Å². The number of nitrogens with zero attached hydrogens (tertiary/aromatic N) is 4. The Kier molecular flexibility index (Phi) is 6.67. The fourth-order valence-electron chi connectivity index (χ4n) is 3.64. The smallest absolute Gasteiger partial charge is 0.321 e. The van der Waals surface area contributed by atoms with E-state index in [1.807, 2.05) is 51.1 Å². The summed E-state index contributed by atoms with van der Waals surface area (Å²) in [5, 5.41) is 9.90. The summed E-state index contributed by atoms with van der Waals surface area (Å²) in [5.74, 6) is 0.983. The Bertz CT molecular complexity index is 1120. The van der Waals surface area contributed by atoms with Crippen LogP contribution in [0, 0.1) is 12.8 Å². The van der Waals surface area contributed by atoms with Gasteiger partial charge in [-0.1, -0.05) is 31.1 Å². The van der Waals surface area contributed by atoms with Crippen LogP contribution in [0.4, 0.5) is 16.2 Å². The van der Waals surface area contributed by atoms with Gasteiger partial charge < -0.3 is 20.1 Å². The molecule has 2 N–H and O–H groups in total. The molecule has 1 saturated heterocycles. The zero-order chi connectivity index (χ0) is 23.4. The van der Waals surface area contributed by atoms with Crippen LogP contribution in [0.3, 0.4) is 0 Å². The van der Waals surface area contributed by atoms with Gasteiger partial charge in [-0.15, -0.1) is 0 Å². The van der Waals surface area contributed by atoms with Gasteiger partial charge in [0.15, 0.2) is 0 Å². The molecule has 1 aliphatic heterocycles. The summed E-state index contributed by atoms with van der Waals surface area (Å²) in [7, 11) is 0. The molecule has 0 saturated carbocycles. The van der Waals surface area contributed by atoms with Gasteiger partial charge in [0.2, 0.25) is 17.6 Å². The van der Waals surface area contributed by atoms with E-state index in [2.05, 4.69) is 25.8 Å². The lowest BCUT2D eigenvalue weighted by atomic mass is 9.97. The molecule has 0 atom stereocenters. The van der Waals surface area contributed by atoms with Gasteiger partial charge in [-0.05, 0) is 49.6 Å². The number of nitrogens with one attached hydrogen (secondary N) is 2. The predicted octanol–water partition coefficient (Wildman–Crippen LogP) is 4.45. The van der Waals surface area contributed by atoms with Gasteiger partial charge in [0.05, 0.1) is 0 Å². The molecule has 0 radical (unpaired) electrons. The molecule has 3 amide bonds. The number of amides is 3. The number of pyridine rings is 1. The van der Waals surface area contributed by atoms with Crippen LogP contribution >= 0.6 is 0 Å². The van der Waals surface area contributed by atoms with E-state index in [1.165, 1.54) is 0 Å². The number of hydrogen-bond acceptors (Lipinski definition) is 6. The Hall–Kier alpha value is -3.75. The molecule has 1 aromatic carbocycles. The highest BCUT2D eigenvalue weighted by molar-refractivity contribution is 5.94. The lowest BCUT2D eigenvalue weighted by Gasteiger charge is -2.30. The summed E-state index contributed by atoms with van der Waals surface area (Å²) in [4.78, 5) is 35.4. The highest BCUT2D eigenvalue weighted by Gasteiger charge is 2.28. The Morgan fingerprint density at radius 2 is 1.91 bits per heavy atom. The van der Waals surface area contributed by atoms with Crippen molar-refractivity contribution < 1.29 is 14.1 Å². The van der Waals surface area contributed by atoms with Crippen LogP contribution in [0.1, 0.15) is 44.1 Å². The molecule has 9 nitrogen and oxygen atoms in total. The van der Waals surface area contributed by atoms with Crippen molar-refractivity contribution in [3.05, 3.63) is 54.0 Å². The summed E-state index contributed by atoms with van der Waals surface area (Å²) >= 11 is 0. The average molecular weight is 449 g/mol. The van der Waals surface area contributed by atoms with Gasteiger partial charge in [-0.25, -0.2) is 4.79 Å². The van der Waals surface area contributed by atoms with Crippen LogP contribution in [0.25, 0.3) is 11.5 Å². The fraction of sp³-hybridized carbons (Fsp3) is 0.375. The van der Waals surface area contributed by atoms with Crippen molar-refractivity contribution in [1.82, 2.24) is 20.0 Å². The first-order valence-corrected chi connectivity index (χ1v) is 11.1. The van der Waals surface area contributed by atoms with Crippen molar-refractivity contribution in [2.24, 2.45) is 5.92 Å². The highest BCUT2D eigenvalue weighted by Crippen LogP contribution is 2.29. The van der Waals surface area contributed by atoms with Gasteiger partial charge >= 0.3 is 6.03 Å². The average Bonchev–Trinajstić information content (AvgIpc) is 3.32. The van der Waals surface area contributed by atoms with Crippen molar-refractivity contribution in [3.63, 3.8) is 0 Å². The number of piperidine rings is 1. The summed E-state index contributed by atoms with van der Waals surface area (Å²) in [5.41, 5.74) is 2.94. The molecule has 33 heavy (non-hydrogen) atoms. The second-order valence-electron chi connectivity index (χ2n) is 8.54. The van der Waals surface area contributed by atoms with Crippen molar-refractivity contribution in [3.8, 4) is 11.5 Å². The second kappa shape index (κ2) is 9.81. The molecule has 3 heterocycles. The summed E-state index contributed by atoms with van der Waals surface area (Å²) in [6.45, 7) is 6.76. The van der Waals surface area contributed by atoms with Crippen LogP contribution in [0.5, 0.6) is 0 Å². The minimum atomic E-state index is -0.163.